The molecule has 0 spiro atoms. The zero-order chi connectivity index (χ0) is 21.6. The van der Waals surface area contributed by atoms with E-state index < -0.39 is 16.0 Å². The maximum Gasteiger partial charge on any atom is 0.339 e. The molecule has 9 heteroatoms. The lowest BCUT2D eigenvalue weighted by atomic mass is 9.88. The molecular formula is C21H24N2O5S2. The van der Waals surface area contributed by atoms with Crippen LogP contribution in [0.3, 0.4) is 0 Å². The highest BCUT2D eigenvalue weighted by molar-refractivity contribution is 7.89. The molecule has 2 N–H and O–H groups in total. The molecule has 2 heterocycles. The van der Waals surface area contributed by atoms with Crippen LogP contribution in [0.25, 0.3) is 0 Å². The predicted octanol–water partition coefficient (Wildman–Crippen LogP) is 2.65. The third-order valence-corrected chi connectivity index (χ3v) is 7.77. The third kappa shape index (κ3) is 3.89. The maximum atomic E-state index is 12.8. The van der Waals surface area contributed by atoms with Gasteiger partial charge in [0, 0.05) is 22.0 Å². The van der Waals surface area contributed by atoms with Crippen LogP contribution in [0.15, 0.2) is 28.5 Å². The average Bonchev–Trinajstić information content (AvgIpc) is 3.24. The standard InChI is InChI=1S/C21H24N2O5S2/c1-12-3-5-16-17(11-29-19(16)7-12)21(25)28-10-20(24)23-13(2)8-14-9-15(30(22,26)27)4-6-18(14)23/h4,6,9,11-13H,3,5,7-8,10H2,1-2H3,(H2,22,26,27). The Morgan fingerprint density at radius 1 is 1.27 bits per heavy atom. The highest BCUT2D eigenvalue weighted by Crippen LogP contribution is 2.35. The minimum absolute atomic E-state index is 0.0192. The Hall–Kier alpha value is -2.23. The molecule has 0 saturated heterocycles. The zero-order valence-electron chi connectivity index (χ0n) is 16.9. The topological polar surface area (TPSA) is 107 Å². The summed E-state index contributed by atoms with van der Waals surface area (Å²) in [6.07, 6.45) is 3.40. The van der Waals surface area contributed by atoms with Gasteiger partial charge in [0.1, 0.15) is 0 Å². The lowest BCUT2D eigenvalue weighted by molar-refractivity contribution is -0.122. The number of fused-ring (bicyclic) bond motifs is 2. The molecule has 4 rings (SSSR count). The molecule has 7 nitrogen and oxygen atoms in total. The largest absolute Gasteiger partial charge is 0.452 e. The Balaban J connectivity index is 1.46. The normalized spacial score (nSPS) is 20.6. The summed E-state index contributed by atoms with van der Waals surface area (Å²) in [7, 11) is -3.81. The van der Waals surface area contributed by atoms with E-state index >= 15 is 0 Å². The van der Waals surface area contributed by atoms with Crippen molar-refractivity contribution in [2.75, 3.05) is 11.5 Å². The molecule has 2 aromatic rings. The highest BCUT2D eigenvalue weighted by Gasteiger charge is 2.33. The van der Waals surface area contributed by atoms with Crippen LogP contribution >= 0.6 is 11.3 Å². The lowest BCUT2D eigenvalue weighted by Crippen LogP contribution is -2.38. The molecule has 0 bridgehead atoms. The van der Waals surface area contributed by atoms with Gasteiger partial charge in [0.2, 0.25) is 10.0 Å². The number of anilines is 1. The molecule has 1 amide bonds. The molecule has 1 aliphatic carbocycles. The molecule has 2 unspecified atom stereocenters. The van der Waals surface area contributed by atoms with E-state index in [-0.39, 0.29) is 23.5 Å². The fourth-order valence-electron chi connectivity index (χ4n) is 4.29. The van der Waals surface area contributed by atoms with Gasteiger partial charge in [-0.2, -0.15) is 0 Å². The van der Waals surface area contributed by atoms with Crippen molar-refractivity contribution in [1.29, 1.82) is 0 Å². The van der Waals surface area contributed by atoms with Crippen molar-refractivity contribution in [3.63, 3.8) is 0 Å². The number of ether oxygens (including phenoxy) is 1. The maximum absolute atomic E-state index is 12.8. The minimum atomic E-state index is -3.81. The van der Waals surface area contributed by atoms with Crippen molar-refractivity contribution in [3.05, 3.63) is 45.1 Å². The third-order valence-electron chi connectivity index (χ3n) is 5.81. The Kier molecular flexibility index (Phi) is 5.46. The fourth-order valence-corrected chi connectivity index (χ4v) is 6.09. The molecule has 30 heavy (non-hydrogen) atoms. The van der Waals surface area contributed by atoms with E-state index in [1.165, 1.54) is 17.0 Å². The van der Waals surface area contributed by atoms with Crippen LogP contribution in [0.5, 0.6) is 0 Å². The summed E-state index contributed by atoms with van der Waals surface area (Å²) in [4.78, 5) is 28.2. The van der Waals surface area contributed by atoms with Gasteiger partial charge in [0.25, 0.3) is 5.91 Å². The van der Waals surface area contributed by atoms with E-state index in [1.54, 1.807) is 22.3 Å². The van der Waals surface area contributed by atoms with Crippen LogP contribution in [0.4, 0.5) is 5.69 Å². The molecule has 160 valence electrons. The summed E-state index contributed by atoms with van der Waals surface area (Å²) < 4.78 is 28.5. The predicted molar refractivity (Wildman–Crippen MR) is 114 cm³/mol. The first-order valence-corrected chi connectivity index (χ1v) is 12.3. The van der Waals surface area contributed by atoms with Crippen LogP contribution in [-0.2, 0) is 38.8 Å². The highest BCUT2D eigenvalue weighted by atomic mass is 32.2. The second-order valence-electron chi connectivity index (χ2n) is 8.13. The Morgan fingerprint density at radius 2 is 2.03 bits per heavy atom. The second kappa shape index (κ2) is 7.79. The van der Waals surface area contributed by atoms with Gasteiger partial charge in [-0.05, 0) is 67.9 Å². The van der Waals surface area contributed by atoms with E-state index in [1.807, 2.05) is 12.3 Å². The quantitative estimate of drug-likeness (QED) is 0.724. The number of rotatable bonds is 4. The van der Waals surface area contributed by atoms with Crippen LogP contribution in [-0.4, -0.2) is 32.9 Å². The molecule has 1 aromatic carbocycles. The van der Waals surface area contributed by atoms with Gasteiger partial charge in [-0.1, -0.05) is 6.92 Å². The molecule has 0 fully saturated rings. The van der Waals surface area contributed by atoms with Gasteiger partial charge in [0.05, 0.1) is 10.5 Å². The molecule has 0 saturated carbocycles. The molecule has 1 aliphatic heterocycles. The first-order valence-electron chi connectivity index (χ1n) is 9.89. The molecular weight excluding hydrogens is 424 g/mol. The molecule has 2 aliphatic rings. The van der Waals surface area contributed by atoms with Crippen molar-refractivity contribution in [1.82, 2.24) is 0 Å². The van der Waals surface area contributed by atoms with E-state index in [9.17, 15) is 18.0 Å². The number of carbonyl (C=O) groups is 2. The van der Waals surface area contributed by atoms with E-state index in [2.05, 4.69) is 6.92 Å². The van der Waals surface area contributed by atoms with Gasteiger partial charge in [-0.25, -0.2) is 18.4 Å². The number of hydrogen-bond acceptors (Lipinski definition) is 6. The summed E-state index contributed by atoms with van der Waals surface area (Å²) in [6, 6.07) is 4.29. The van der Waals surface area contributed by atoms with Crippen molar-refractivity contribution in [2.45, 2.75) is 50.5 Å². The molecule has 0 radical (unpaired) electrons. The number of benzene rings is 1. The van der Waals surface area contributed by atoms with Gasteiger partial charge in [-0.15, -0.1) is 11.3 Å². The number of amides is 1. The number of nitrogens with two attached hydrogens (primary N) is 1. The van der Waals surface area contributed by atoms with E-state index in [0.717, 1.165) is 30.4 Å². The Bertz CT molecular complexity index is 1120. The molecule has 2 atom stereocenters. The number of hydrogen-bond donors (Lipinski definition) is 1. The van der Waals surface area contributed by atoms with Crippen LogP contribution in [0.1, 0.15) is 46.6 Å². The smallest absolute Gasteiger partial charge is 0.339 e. The summed E-state index contributed by atoms with van der Waals surface area (Å²) in [5, 5.41) is 7.03. The SMILES string of the molecule is CC1CCc2c(C(=O)OCC(=O)N3c4ccc(S(N)(=O)=O)cc4CC3C)csc2C1. The molecule has 1 aromatic heterocycles. The summed E-state index contributed by atoms with van der Waals surface area (Å²) in [5.74, 6) is -0.184. The lowest BCUT2D eigenvalue weighted by Gasteiger charge is -2.23. The zero-order valence-corrected chi connectivity index (χ0v) is 18.5. The Labute approximate surface area is 179 Å². The van der Waals surface area contributed by atoms with Gasteiger partial charge >= 0.3 is 5.97 Å². The summed E-state index contributed by atoms with van der Waals surface area (Å²) >= 11 is 1.58. The van der Waals surface area contributed by atoms with Crippen LogP contribution in [0.2, 0.25) is 0 Å². The van der Waals surface area contributed by atoms with Crippen LogP contribution in [0, 0.1) is 5.92 Å². The van der Waals surface area contributed by atoms with Crippen molar-refractivity contribution in [2.24, 2.45) is 11.1 Å². The van der Waals surface area contributed by atoms with Crippen molar-refractivity contribution in [3.8, 4) is 0 Å². The number of nitrogens with zero attached hydrogens (tertiary/aromatic N) is 1. The number of primary sulfonamides is 1. The first kappa shape index (κ1) is 21.0. The number of esters is 1. The Morgan fingerprint density at radius 3 is 2.77 bits per heavy atom. The number of carbonyl (C=O) groups excluding carboxylic acids is 2. The van der Waals surface area contributed by atoms with Gasteiger partial charge < -0.3 is 9.64 Å². The van der Waals surface area contributed by atoms with Crippen molar-refractivity contribution >= 4 is 38.9 Å². The van der Waals surface area contributed by atoms with Gasteiger partial charge in [0.15, 0.2) is 6.61 Å². The minimum Gasteiger partial charge on any atom is -0.452 e. The van der Waals surface area contributed by atoms with Crippen LogP contribution < -0.4 is 10.0 Å². The monoisotopic (exact) mass is 448 g/mol. The number of sulfonamides is 1. The summed E-state index contributed by atoms with van der Waals surface area (Å²) in [6.45, 7) is 3.72. The fraction of sp³-hybridized carbons (Fsp3) is 0.429. The van der Waals surface area contributed by atoms with E-state index in [0.29, 0.717) is 23.6 Å². The van der Waals surface area contributed by atoms with E-state index in [4.69, 9.17) is 9.88 Å². The number of thiophene rings is 1. The first-order chi connectivity index (χ1) is 14.1. The van der Waals surface area contributed by atoms with Gasteiger partial charge in [-0.3, -0.25) is 4.79 Å². The average molecular weight is 449 g/mol. The van der Waals surface area contributed by atoms with Crippen molar-refractivity contribution < 1.29 is 22.7 Å². The summed E-state index contributed by atoms with van der Waals surface area (Å²) in [5.41, 5.74) is 2.99. The second-order valence-corrected chi connectivity index (χ2v) is 10.7.